The molecule has 0 saturated carbocycles. The molecule has 1 saturated heterocycles. The molecular formula is C9H16O6. The van der Waals surface area contributed by atoms with Crippen molar-refractivity contribution in [3.05, 3.63) is 12.7 Å². The predicted octanol–water partition coefficient (Wildman–Crippen LogP) is -2.01. The Balaban J connectivity index is 2.47. The molecule has 6 heteroatoms. The summed E-state index contributed by atoms with van der Waals surface area (Å²) in [7, 11) is 0. The monoisotopic (exact) mass is 220 g/mol. The second-order valence-electron chi connectivity index (χ2n) is 3.36. The summed E-state index contributed by atoms with van der Waals surface area (Å²) < 4.78 is 9.88. The van der Waals surface area contributed by atoms with E-state index in [0.29, 0.717) is 0 Å². The molecule has 0 spiro atoms. The highest BCUT2D eigenvalue weighted by molar-refractivity contribution is 4.88. The third-order valence-electron chi connectivity index (χ3n) is 2.20. The smallest absolute Gasteiger partial charge is 0.184 e. The van der Waals surface area contributed by atoms with E-state index in [1.165, 1.54) is 6.08 Å². The largest absolute Gasteiger partial charge is 0.387 e. The highest BCUT2D eigenvalue weighted by Crippen LogP contribution is 2.19. The molecule has 0 amide bonds. The summed E-state index contributed by atoms with van der Waals surface area (Å²) in [5.41, 5.74) is 0. The number of hydrogen-bond acceptors (Lipinski definition) is 6. The van der Waals surface area contributed by atoms with Gasteiger partial charge in [0.1, 0.15) is 24.4 Å². The van der Waals surface area contributed by atoms with Gasteiger partial charge in [0.15, 0.2) is 6.29 Å². The molecular weight excluding hydrogens is 204 g/mol. The standard InChI is InChI=1S/C9H16O6/c1-2-3-14-4-5-6(10)7(11)8(12)9(13)15-5/h2,5-13H,1,3-4H2/t5-,6+,7+,8-,9?/m1/s1. The van der Waals surface area contributed by atoms with Crippen molar-refractivity contribution in [2.24, 2.45) is 0 Å². The van der Waals surface area contributed by atoms with E-state index in [4.69, 9.17) is 14.6 Å². The van der Waals surface area contributed by atoms with Crippen LogP contribution in [0.15, 0.2) is 12.7 Å². The van der Waals surface area contributed by atoms with Crippen LogP contribution in [-0.2, 0) is 9.47 Å². The number of aliphatic hydroxyl groups excluding tert-OH is 4. The SMILES string of the molecule is C=CCOC[C@H]1OC(O)[C@H](O)[C@@H](O)[C@H]1O. The van der Waals surface area contributed by atoms with Gasteiger partial charge in [0, 0.05) is 0 Å². The van der Waals surface area contributed by atoms with Crippen LogP contribution in [0.4, 0.5) is 0 Å². The quantitative estimate of drug-likeness (QED) is 0.323. The molecule has 1 heterocycles. The molecule has 1 rings (SSSR count). The first-order valence-electron chi connectivity index (χ1n) is 4.64. The predicted molar refractivity (Wildman–Crippen MR) is 49.9 cm³/mol. The summed E-state index contributed by atoms with van der Waals surface area (Å²) in [5, 5.41) is 37.1. The van der Waals surface area contributed by atoms with E-state index in [0.717, 1.165) is 0 Å². The van der Waals surface area contributed by atoms with Crippen molar-refractivity contribution in [1.29, 1.82) is 0 Å². The molecule has 0 bridgehead atoms. The van der Waals surface area contributed by atoms with E-state index >= 15 is 0 Å². The summed E-state index contributed by atoms with van der Waals surface area (Å²) in [6.07, 6.45) is -5.08. The molecule has 1 unspecified atom stereocenters. The molecule has 6 nitrogen and oxygen atoms in total. The van der Waals surface area contributed by atoms with Crippen LogP contribution in [0.2, 0.25) is 0 Å². The van der Waals surface area contributed by atoms with Crippen LogP contribution >= 0.6 is 0 Å². The Morgan fingerprint density at radius 2 is 1.80 bits per heavy atom. The van der Waals surface area contributed by atoms with Gasteiger partial charge in [-0.25, -0.2) is 0 Å². The first kappa shape index (κ1) is 12.6. The molecule has 0 radical (unpaired) electrons. The van der Waals surface area contributed by atoms with Crippen LogP contribution in [0.3, 0.4) is 0 Å². The summed E-state index contributed by atoms with van der Waals surface area (Å²) >= 11 is 0. The Hall–Kier alpha value is -0.500. The maximum absolute atomic E-state index is 9.47. The Kier molecular flexibility index (Phi) is 4.65. The van der Waals surface area contributed by atoms with Crippen molar-refractivity contribution < 1.29 is 29.9 Å². The second-order valence-corrected chi connectivity index (χ2v) is 3.36. The molecule has 1 fully saturated rings. The lowest BCUT2D eigenvalue weighted by molar-refractivity contribution is -0.288. The van der Waals surface area contributed by atoms with E-state index in [9.17, 15) is 15.3 Å². The van der Waals surface area contributed by atoms with Crippen molar-refractivity contribution in [3.63, 3.8) is 0 Å². The second kappa shape index (κ2) is 5.55. The van der Waals surface area contributed by atoms with Gasteiger partial charge >= 0.3 is 0 Å². The minimum Gasteiger partial charge on any atom is -0.387 e. The van der Waals surface area contributed by atoms with Crippen molar-refractivity contribution in [2.45, 2.75) is 30.7 Å². The summed E-state index contributed by atoms with van der Waals surface area (Å²) in [5.74, 6) is 0. The lowest BCUT2D eigenvalue weighted by atomic mass is 9.99. The van der Waals surface area contributed by atoms with Crippen LogP contribution < -0.4 is 0 Å². The summed E-state index contributed by atoms with van der Waals surface area (Å²) in [4.78, 5) is 0. The van der Waals surface area contributed by atoms with Gasteiger partial charge in [0.2, 0.25) is 0 Å². The topological polar surface area (TPSA) is 99.4 Å². The van der Waals surface area contributed by atoms with Gasteiger partial charge in [-0.2, -0.15) is 0 Å². The average Bonchev–Trinajstić information content (AvgIpc) is 2.23. The third kappa shape index (κ3) is 2.97. The molecule has 5 atom stereocenters. The van der Waals surface area contributed by atoms with Gasteiger partial charge in [0.25, 0.3) is 0 Å². The summed E-state index contributed by atoms with van der Waals surface area (Å²) in [6, 6.07) is 0. The number of hydrogen-bond donors (Lipinski definition) is 4. The van der Waals surface area contributed by atoms with Crippen LogP contribution in [0.5, 0.6) is 0 Å². The zero-order chi connectivity index (χ0) is 11.4. The molecule has 1 aliphatic heterocycles. The molecule has 4 N–H and O–H groups in total. The molecule has 88 valence electrons. The van der Waals surface area contributed by atoms with Gasteiger partial charge in [-0.05, 0) is 0 Å². The van der Waals surface area contributed by atoms with Gasteiger partial charge < -0.3 is 29.9 Å². The third-order valence-corrected chi connectivity index (χ3v) is 2.20. The first-order chi connectivity index (χ1) is 7.07. The van der Waals surface area contributed by atoms with E-state index in [1.54, 1.807) is 0 Å². The number of aliphatic hydroxyl groups is 4. The van der Waals surface area contributed by atoms with Crippen LogP contribution in [0, 0.1) is 0 Å². The van der Waals surface area contributed by atoms with Gasteiger partial charge in [-0.1, -0.05) is 6.08 Å². The van der Waals surface area contributed by atoms with Crippen molar-refractivity contribution in [1.82, 2.24) is 0 Å². The highest BCUT2D eigenvalue weighted by atomic mass is 16.6. The fourth-order valence-corrected chi connectivity index (χ4v) is 1.34. The zero-order valence-electron chi connectivity index (χ0n) is 8.19. The minimum absolute atomic E-state index is 0.00796. The van der Waals surface area contributed by atoms with Crippen LogP contribution in [0.1, 0.15) is 0 Å². The molecule has 0 aliphatic carbocycles. The summed E-state index contributed by atoms with van der Waals surface area (Å²) in [6.45, 7) is 3.72. The van der Waals surface area contributed by atoms with Gasteiger partial charge in [-0.3, -0.25) is 0 Å². The molecule has 1 aliphatic rings. The van der Waals surface area contributed by atoms with Gasteiger partial charge in [0.05, 0.1) is 13.2 Å². The normalized spacial score (nSPS) is 41.5. The van der Waals surface area contributed by atoms with E-state index in [1.807, 2.05) is 0 Å². The average molecular weight is 220 g/mol. The molecule has 0 aromatic carbocycles. The maximum atomic E-state index is 9.47. The van der Waals surface area contributed by atoms with Gasteiger partial charge in [-0.15, -0.1) is 6.58 Å². The molecule has 15 heavy (non-hydrogen) atoms. The first-order valence-corrected chi connectivity index (χ1v) is 4.64. The minimum atomic E-state index is -1.51. The van der Waals surface area contributed by atoms with E-state index < -0.39 is 30.7 Å². The van der Waals surface area contributed by atoms with E-state index in [2.05, 4.69) is 6.58 Å². The Morgan fingerprint density at radius 3 is 2.40 bits per heavy atom. The lowest BCUT2D eigenvalue weighted by Gasteiger charge is -2.38. The van der Waals surface area contributed by atoms with Crippen molar-refractivity contribution >= 4 is 0 Å². The van der Waals surface area contributed by atoms with Crippen molar-refractivity contribution in [3.8, 4) is 0 Å². The fraction of sp³-hybridized carbons (Fsp3) is 0.778. The maximum Gasteiger partial charge on any atom is 0.184 e. The molecule has 0 aromatic heterocycles. The Morgan fingerprint density at radius 1 is 1.13 bits per heavy atom. The number of rotatable bonds is 4. The van der Waals surface area contributed by atoms with Crippen LogP contribution in [-0.4, -0.2) is 64.3 Å². The Labute approximate surface area is 87.4 Å². The Bertz CT molecular complexity index is 209. The number of ether oxygens (including phenoxy) is 2. The highest BCUT2D eigenvalue weighted by Gasteiger charge is 2.42. The van der Waals surface area contributed by atoms with E-state index in [-0.39, 0.29) is 13.2 Å². The lowest BCUT2D eigenvalue weighted by Crippen LogP contribution is -2.58. The fourth-order valence-electron chi connectivity index (χ4n) is 1.34. The van der Waals surface area contributed by atoms with Crippen LogP contribution in [0.25, 0.3) is 0 Å². The molecule has 0 aromatic rings. The zero-order valence-corrected chi connectivity index (χ0v) is 8.19. The van der Waals surface area contributed by atoms with Crippen molar-refractivity contribution in [2.75, 3.05) is 13.2 Å².